The minimum absolute atomic E-state index is 0.00810. The van der Waals surface area contributed by atoms with E-state index in [4.69, 9.17) is 9.47 Å². The van der Waals surface area contributed by atoms with E-state index in [0.29, 0.717) is 17.1 Å². The predicted molar refractivity (Wildman–Crippen MR) is 122 cm³/mol. The van der Waals surface area contributed by atoms with Crippen LogP contribution in [0.1, 0.15) is 17.0 Å². The average molecular weight is 492 g/mol. The van der Waals surface area contributed by atoms with E-state index in [1.807, 2.05) is 0 Å². The molecule has 1 unspecified atom stereocenters. The van der Waals surface area contributed by atoms with Gasteiger partial charge in [0.15, 0.2) is 16.2 Å². The lowest BCUT2D eigenvalue weighted by molar-refractivity contribution is 0.0281. The van der Waals surface area contributed by atoms with Gasteiger partial charge in [-0.2, -0.15) is 13.8 Å². The highest BCUT2D eigenvalue weighted by molar-refractivity contribution is 7.92. The summed E-state index contributed by atoms with van der Waals surface area (Å²) < 4.78 is 54.8. The number of hydrogen-bond donors (Lipinski definition) is 0. The SMILES string of the molecule is COc1ccc(Cn2c(C(F)(F)c3ccccc3)nc3sc([S+](C)[O-])nc3c2=O)c(OC)c1. The summed E-state index contributed by atoms with van der Waals surface area (Å²) >= 11 is -0.627. The molecule has 2 aromatic carbocycles. The molecule has 0 aliphatic heterocycles. The number of hydrogen-bond acceptors (Lipinski definition) is 7. The zero-order valence-corrected chi connectivity index (χ0v) is 19.5. The minimum Gasteiger partial charge on any atom is -0.610 e. The van der Waals surface area contributed by atoms with Gasteiger partial charge in [-0.05, 0) is 23.5 Å². The second-order valence-electron chi connectivity index (χ2n) is 7.03. The molecule has 11 heteroatoms. The molecule has 2 heterocycles. The Morgan fingerprint density at radius 2 is 1.85 bits per heavy atom. The Bertz CT molecular complexity index is 1360. The van der Waals surface area contributed by atoms with Crippen molar-refractivity contribution in [1.29, 1.82) is 0 Å². The summed E-state index contributed by atoms with van der Waals surface area (Å²) in [6.45, 7) is -0.241. The zero-order chi connectivity index (χ0) is 23.8. The third-order valence-electron chi connectivity index (χ3n) is 4.99. The van der Waals surface area contributed by atoms with Crippen molar-refractivity contribution in [3.8, 4) is 11.5 Å². The monoisotopic (exact) mass is 491 g/mol. The Labute approximate surface area is 194 Å². The van der Waals surface area contributed by atoms with E-state index in [9.17, 15) is 9.35 Å². The van der Waals surface area contributed by atoms with E-state index in [0.717, 1.165) is 15.9 Å². The number of aromatic nitrogens is 3. The van der Waals surface area contributed by atoms with Crippen molar-refractivity contribution in [3.05, 3.63) is 75.8 Å². The van der Waals surface area contributed by atoms with Crippen molar-refractivity contribution < 1.29 is 22.8 Å². The molecular weight excluding hydrogens is 472 g/mol. The Hall–Kier alpha value is -3.02. The summed E-state index contributed by atoms with van der Waals surface area (Å²) in [6.07, 6.45) is 1.40. The maximum atomic E-state index is 15.7. The van der Waals surface area contributed by atoms with Crippen molar-refractivity contribution >= 4 is 32.9 Å². The maximum absolute atomic E-state index is 15.7. The molecule has 172 valence electrons. The largest absolute Gasteiger partial charge is 0.610 e. The zero-order valence-electron chi connectivity index (χ0n) is 17.9. The molecule has 0 spiro atoms. The molecular formula is C22H19F2N3O4S2. The molecule has 0 fully saturated rings. The molecule has 0 amide bonds. The van der Waals surface area contributed by atoms with Gasteiger partial charge in [0.2, 0.25) is 0 Å². The van der Waals surface area contributed by atoms with Crippen LogP contribution >= 0.6 is 11.3 Å². The number of ether oxygens (including phenoxy) is 2. The summed E-state index contributed by atoms with van der Waals surface area (Å²) in [5.74, 6) is -3.44. The number of fused-ring (bicyclic) bond motifs is 1. The number of halogens is 2. The Kier molecular flexibility index (Phi) is 6.37. The lowest BCUT2D eigenvalue weighted by Crippen LogP contribution is -2.33. The number of alkyl halides is 2. The first kappa shape index (κ1) is 23.1. The molecule has 0 saturated heterocycles. The molecule has 0 N–H and O–H groups in total. The van der Waals surface area contributed by atoms with Gasteiger partial charge in [-0.1, -0.05) is 30.3 Å². The van der Waals surface area contributed by atoms with Gasteiger partial charge >= 0.3 is 10.3 Å². The number of rotatable bonds is 7. The standard InChI is InChI=1S/C22H19F2N3O4S2/c1-30-15-10-9-13(16(11-15)31-2)12-27-19(28)17-18(32-21(25-17)33(3)29)26-20(27)22(23,24)14-7-5-4-6-8-14/h4-11H,12H2,1-3H3. The smallest absolute Gasteiger partial charge is 0.330 e. The number of nitrogens with zero attached hydrogens (tertiary/aromatic N) is 3. The first-order valence-electron chi connectivity index (χ1n) is 9.65. The van der Waals surface area contributed by atoms with Gasteiger partial charge in [0, 0.05) is 28.4 Å². The van der Waals surface area contributed by atoms with Gasteiger partial charge in [0.05, 0.1) is 20.8 Å². The van der Waals surface area contributed by atoms with Crippen molar-refractivity contribution in [1.82, 2.24) is 14.5 Å². The van der Waals surface area contributed by atoms with Crippen LogP contribution in [0.3, 0.4) is 0 Å². The van der Waals surface area contributed by atoms with Crippen molar-refractivity contribution in [3.63, 3.8) is 0 Å². The van der Waals surface area contributed by atoms with Gasteiger partial charge < -0.3 is 14.0 Å². The highest BCUT2D eigenvalue weighted by atomic mass is 32.2. The van der Waals surface area contributed by atoms with Crippen LogP contribution in [0.25, 0.3) is 10.3 Å². The van der Waals surface area contributed by atoms with Crippen LogP contribution in [0, 0.1) is 0 Å². The van der Waals surface area contributed by atoms with Crippen LogP contribution in [0.5, 0.6) is 11.5 Å². The van der Waals surface area contributed by atoms with Crippen LogP contribution in [0.4, 0.5) is 8.78 Å². The molecule has 33 heavy (non-hydrogen) atoms. The third-order valence-corrected chi connectivity index (χ3v) is 7.27. The number of benzene rings is 2. The van der Waals surface area contributed by atoms with Crippen LogP contribution in [-0.4, -0.2) is 39.6 Å². The van der Waals surface area contributed by atoms with E-state index in [2.05, 4.69) is 9.97 Å². The first-order chi connectivity index (χ1) is 15.8. The van der Waals surface area contributed by atoms with Crippen LogP contribution < -0.4 is 15.0 Å². The van der Waals surface area contributed by atoms with E-state index < -0.39 is 28.5 Å². The van der Waals surface area contributed by atoms with E-state index in [-0.39, 0.29) is 26.8 Å². The summed E-state index contributed by atoms with van der Waals surface area (Å²) in [5.41, 5.74) is -0.696. The molecule has 0 radical (unpaired) electrons. The van der Waals surface area contributed by atoms with Crippen molar-refractivity contribution in [2.45, 2.75) is 16.8 Å². The van der Waals surface area contributed by atoms with Crippen molar-refractivity contribution in [2.24, 2.45) is 0 Å². The summed E-state index contributed by atoms with van der Waals surface area (Å²) in [7, 11) is 2.93. The van der Waals surface area contributed by atoms with Gasteiger partial charge in [0.25, 0.3) is 5.56 Å². The summed E-state index contributed by atoms with van der Waals surface area (Å²) in [4.78, 5) is 21.6. The normalized spacial score (nSPS) is 12.7. The lowest BCUT2D eigenvalue weighted by atomic mass is 10.1. The molecule has 1 atom stereocenters. The molecule has 0 aliphatic rings. The van der Waals surface area contributed by atoms with Gasteiger partial charge in [-0.25, -0.2) is 4.98 Å². The Morgan fingerprint density at radius 1 is 1.12 bits per heavy atom. The van der Waals surface area contributed by atoms with Crippen LogP contribution in [-0.2, 0) is 23.6 Å². The lowest BCUT2D eigenvalue weighted by Gasteiger charge is -2.21. The maximum Gasteiger partial charge on any atom is 0.330 e. The predicted octanol–water partition coefficient (Wildman–Crippen LogP) is 3.80. The minimum atomic E-state index is -3.58. The van der Waals surface area contributed by atoms with Crippen molar-refractivity contribution in [2.75, 3.05) is 20.5 Å². The topological polar surface area (TPSA) is 89.3 Å². The average Bonchev–Trinajstić information content (AvgIpc) is 3.26. The quantitative estimate of drug-likeness (QED) is 0.366. The third kappa shape index (κ3) is 4.31. The summed E-state index contributed by atoms with van der Waals surface area (Å²) in [5, 5.41) is 0. The molecule has 4 rings (SSSR count). The van der Waals surface area contributed by atoms with Gasteiger partial charge in [0.1, 0.15) is 17.8 Å². The molecule has 0 saturated carbocycles. The van der Waals surface area contributed by atoms with Crippen LogP contribution in [0.15, 0.2) is 57.7 Å². The fraction of sp³-hybridized carbons (Fsp3) is 0.227. The number of thiazole rings is 1. The molecule has 0 aliphatic carbocycles. The van der Waals surface area contributed by atoms with Crippen LogP contribution in [0.2, 0.25) is 0 Å². The molecule has 0 bridgehead atoms. The molecule has 2 aromatic heterocycles. The highest BCUT2D eigenvalue weighted by Crippen LogP contribution is 2.36. The van der Waals surface area contributed by atoms with E-state index in [1.54, 1.807) is 24.3 Å². The fourth-order valence-corrected chi connectivity index (χ4v) is 4.92. The molecule has 7 nitrogen and oxygen atoms in total. The Morgan fingerprint density at radius 3 is 2.48 bits per heavy atom. The Balaban J connectivity index is 1.96. The number of methoxy groups -OCH3 is 2. The first-order valence-corrected chi connectivity index (χ1v) is 12.0. The van der Waals surface area contributed by atoms with Gasteiger partial charge in [-0.3, -0.25) is 9.36 Å². The fourth-order valence-electron chi connectivity index (χ4n) is 3.33. The molecule has 4 aromatic rings. The van der Waals surface area contributed by atoms with E-state index in [1.165, 1.54) is 44.7 Å². The second kappa shape index (κ2) is 9.08. The highest BCUT2D eigenvalue weighted by Gasteiger charge is 2.40. The second-order valence-corrected chi connectivity index (χ2v) is 9.56. The van der Waals surface area contributed by atoms with E-state index >= 15 is 8.78 Å². The van der Waals surface area contributed by atoms with Gasteiger partial charge in [-0.15, -0.1) is 0 Å². The summed E-state index contributed by atoms with van der Waals surface area (Å²) in [6, 6.07) is 12.0.